The molecule has 1 fully saturated rings. The average molecular weight is 291 g/mol. The lowest BCUT2D eigenvalue weighted by Crippen LogP contribution is -2.35. The molecular weight excluding hydrogens is 266 g/mol. The highest BCUT2D eigenvalue weighted by Gasteiger charge is 2.42. The predicted molar refractivity (Wildman–Crippen MR) is 82.8 cm³/mol. The Hall–Kier alpha value is -1.55. The van der Waals surface area contributed by atoms with E-state index in [0.717, 1.165) is 25.3 Å². The summed E-state index contributed by atoms with van der Waals surface area (Å²) >= 11 is 0. The molecule has 1 saturated heterocycles. The molecule has 0 saturated carbocycles. The Kier molecular flexibility index (Phi) is 4.88. The van der Waals surface area contributed by atoms with Crippen LogP contribution >= 0.6 is 0 Å². The van der Waals surface area contributed by atoms with E-state index >= 15 is 0 Å². The standard InChI is InChI=1S/C17H25NO3/c1-4-17(16(19)20)5-6-18(12-17)7-8-21-15-10-13(2)9-14(3)11-15/h9-11H,4-8,12H2,1-3H3,(H,19,20). The number of aryl methyl sites for hydroxylation is 2. The Morgan fingerprint density at radius 1 is 1.33 bits per heavy atom. The molecule has 1 heterocycles. The van der Waals surface area contributed by atoms with Crippen molar-refractivity contribution in [2.75, 3.05) is 26.2 Å². The van der Waals surface area contributed by atoms with Crippen molar-refractivity contribution in [2.45, 2.75) is 33.6 Å². The van der Waals surface area contributed by atoms with E-state index in [1.54, 1.807) is 0 Å². The molecule has 0 radical (unpaired) electrons. The van der Waals surface area contributed by atoms with Crippen LogP contribution in [0.5, 0.6) is 5.75 Å². The second-order valence-corrected chi connectivity index (χ2v) is 6.14. The second-order valence-electron chi connectivity index (χ2n) is 6.14. The van der Waals surface area contributed by atoms with E-state index in [2.05, 4.69) is 24.8 Å². The van der Waals surface area contributed by atoms with Crippen molar-refractivity contribution in [2.24, 2.45) is 5.41 Å². The number of aliphatic carboxylic acids is 1. The fraction of sp³-hybridized carbons (Fsp3) is 0.588. The molecule has 1 aromatic rings. The number of likely N-dealkylation sites (tertiary alicyclic amines) is 1. The zero-order valence-corrected chi connectivity index (χ0v) is 13.2. The zero-order valence-electron chi connectivity index (χ0n) is 13.2. The van der Waals surface area contributed by atoms with E-state index in [0.29, 0.717) is 19.6 Å². The van der Waals surface area contributed by atoms with Crippen LogP contribution in [0.2, 0.25) is 0 Å². The van der Waals surface area contributed by atoms with Crippen LogP contribution in [0.25, 0.3) is 0 Å². The van der Waals surface area contributed by atoms with Crippen molar-refractivity contribution in [3.05, 3.63) is 29.3 Å². The maximum absolute atomic E-state index is 11.4. The Morgan fingerprint density at radius 3 is 2.52 bits per heavy atom. The summed E-state index contributed by atoms with van der Waals surface area (Å²) in [5, 5.41) is 9.39. The van der Waals surface area contributed by atoms with Gasteiger partial charge in [0.05, 0.1) is 5.41 Å². The lowest BCUT2D eigenvalue weighted by molar-refractivity contribution is -0.148. The molecule has 1 aromatic carbocycles. The summed E-state index contributed by atoms with van der Waals surface area (Å²) in [6.07, 6.45) is 1.43. The van der Waals surface area contributed by atoms with Gasteiger partial charge in [-0.3, -0.25) is 9.69 Å². The maximum atomic E-state index is 11.4. The molecule has 0 bridgehead atoms. The van der Waals surface area contributed by atoms with Gasteiger partial charge < -0.3 is 9.84 Å². The van der Waals surface area contributed by atoms with E-state index in [1.807, 2.05) is 19.1 Å². The number of carboxylic acids is 1. The van der Waals surface area contributed by atoms with Crippen molar-refractivity contribution in [1.82, 2.24) is 4.90 Å². The van der Waals surface area contributed by atoms with Gasteiger partial charge in [0.1, 0.15) is 12.4 Å². The van der Waals surface area contributed by atoms with Crippen LogP contribution in [0.3, 0.4) is 0 Å². The number of ether oxygens (including phenoxy) is 1. The SMILES string of the molecule is CCC1(C(=O)O)CCN(CCOc2cc(C)cc(C)c2)C1. The van der Waals surface area contributed by atoms with Crippen LogP contribution in [0.4, 0.5) is 0 Å². The third kappa shape index (κ3) is 3.76. The maximum Gasteiger partial charge on any atom is 0.310 e. The molecule has 1 N–H and O–H groups in total. The van der Waals surface area contributed by atoms with Gasteiger partial charge in [0.15, 0.2) is 0 Å². The molecule has 2 rings (SSSR count). The van der Waals surface area contributed by atoms with Crippen LogP contribution in [0, 0.1) is 19.3 Å². The van der Waals surface area contributed by atoms with Gasteiger partial charge in [0.2, 0.25) is 0 Å². The molecule has 1 aliphatic heterocycles. The Morgan fingerprint density at radius 2 is 2.00 bits per heavy atom. The number of rotatable bonds is 6. The molecule has 0 aliphatic carbocycles. The highest BCUT2D eigenvalue weighted by molar-refractivity contribution is 5.75. The molecule has 1 atom stereocenters. The van der Waals surface area contributed by atoms with Gasteiger partial charge in [-0.25, -0.2) is 0 Å². The molecule has 0 spiro atoms. The van der Waals surface area contributed by atoms with Crippen molar-refractivity contribution in [3.8, 4) is 5.75 Å². The third-order valence-corrected chi connectivity index (χ3v) is 4.43. The molecule has 21 heavy (non-hydrogen) atoms. The first kappa shape index (κ1) is 15.8. The van der Waals surface area contributed by atoms with Gasteiger partial charge >= 0.3 is 5.97 Å². The highest BCUT2D eigenvalue weighted by atomic mass is 16.5. The number of hydrogen-bond donors (Lipinski definition) is 1. The number of nitrogens with zero attached hydrogens (tertiary/aromatic N) is 1. The summed E-state index contributed by atoms with van der Waals surface area (Å²) in [7, 11) is 0. The molecule has 116 valence electrons. The zero-order chi connectivity index (χ0) is 15.5. The van der Waals surface area contributed by atoms with E-state index < -0.39 is 11.4 Å². The largest absolute Gasteiger partial charge is 0.492 e. The summed E-state index contributed by atoms with van der Waals surface area (Å²) in [6.45, 7) is 8.94. The quantitative estimate of drug-likeness (QED) is 0.875. The van der Waals surface area contributed by atoms with Crippen LogP contribution in [-0.4, -0.2) is 42.2 Å². The first-order chi connectivity index (χ1) is 9.95. The summed E-state index contributed by atoms with van der Waals surface area (Å²) < 4.78 is 5.80. The lowest BCUT2D eigenvalue weighted by Gasteiger charge is -2.23. The molecule has 0 aromatic heterocycles. The van der Waals surface area contributed by atoms with Gasteiger partial charge in [-0.1, -0.05) is 13.0 Å². The molecule has 0 amide bonds. The van der Waals surface area contributed by atoms with Crippen LogP contribution in [-0.2, 0) is 4.79 Å². The van der Waals surface area contributed by atoms with Gasteiger partial charge in [-0.2, -0.15) is 0 Å². The normalized spacial score (nSPS) is 22.4. The molecular formula is C17H25NO3. The Labute approximate surface area is 126 Å². The van der Waals surface area contributed by atoms with Gasteiger partial charge in [0, 0.05) is 13.1 Å². The van der Waals surface area contributed by atoms with Gasteiger partial charge in [-0.15, -0.1) is 0 Å². The molecule has 1 unspecified atom stereocenters. The summed E-state index contributed by atoms with van der Waals surface area (Å²) in [5.41, 5.74) is 1.84. The van der Waals surface area contributed by atoms with Crippen LogP contribution in [0.15, 0.2) is 18.2 Å². The minimum Gasteiger partial charge on any atom is -0.492 e. The second kappa shape index (κ2) is 6.48. The monoisotopic (exact) mass is 291 g/mol. The number of carboxylic acid groups (broad SMARTS) is 1. The van der Waals surface area contributed by atoms with Gasteiger partial charge in [0.25, 0.3) is 0 Å². The Bertz CT molecular complexity index is 495. The molecule has 1 aliphatic rings. The average Bonchev–Trinajstić information content (AvgIpc) is 2.82. The number of hydrogen-bond acceptors (Lipinski definition) is 3. The first-order valence-corrected chi connectivity index (χ1v) is 7.62. The van der Waals surface area contributed by atoms with Crippen molar-refractivity contribution >= 4 is 5.97 Å². The topological polar surface area (TPSA) is 49.8 Å². The number of carbonyl (C=O) groups is 1. The van der Waals surface area contributed by atoms with Crippen molar-refractivity contribution < 1.29 is 14.6 Å². The summed E-state index contributed by atoms with van der Waals surface area (Å²) in [4.78, 5) is 13.6. The summed E-state index contributed by atoms with van der Waals surface area (Å²) in [5.74, 6) is 0.231. The minimum atomic E-state index is -0.664. The van der Waals surface area contributed by atoms with Crippen molar-refractivity contribution in [1.29, 1.82) is 0 Å². The lowest BCUT2D eigenvalue weighted by atomic mass is 9.84. The number of benzene rings is 1. The minimum absolute atomic E-state index is 0.556. The summed E-state index contributed by atoms with van der Waals surface area (Å²) in [6, 6.07) is 6.19. The fourth-order valence-corrected chi connectivity index (χ4v) is 3.07. The molecule has 4 nitrogen and oxygen atoms in total. The van der Waals surface area contributed by atoms with Crippen molar-refractivity contribution in [3.63, 3.8) is 0 Å². The van der Waals surface area contributed by atoms with Crippen LogP contribution < -0.4 is 4.74 Å². The van der Waals surface area contributed by atoms with Crippen LogP contribution in [0.1, 0.15) is 30.9 Å². The van der Waals surface area contributed by atoms with Gasteiger partial charge in [-0.05, 0) is 56.5 Å². The van der Waals surface area contributed by atoms with E-state index in [-0.39, 0.29) is 0 Å². The predicted octanol–water partition coefficient (Wildman–Crippen LogP) is 2.87. The highest BCUT2D eigenvalue weighted by Crippen LogP contribution is 2.33. The first-order valence-electron chi connectivity index (χ1n) is 7.62. The molecule has 4 heteroatoms. The van der Waals surface area contributed by atoms with E-state index in [9.17, 15) is 9.90 Å². The smallest absolute Gasteiger partial charge is 0.310 e. The van der Waals surface area contributed by atoms with E-state index in [4.69, 9.17) is 4.74 Å². The van der Waals surface area contributed by atoms with E-state index in [1.165, 1.54) is 11.1 Å². The Balaban J connectivity index is 1.83. The third-order valence-electron chi connectivity index (χ3n) is 4.43. The fourth-order valence-electron chi connectivity index (χ4n) is 3.07.